The minimum absolute atomic E-state index is 0.112. The second-order valence-corrected chi connectivity index (χ2v) is 6.84. The zero-order chi connectivity index (χ0) is 18.5. The molecule has 1 aliphatic rings. The number of benzene rings is 2. The lowest BCUT2D eigenvalue weighted by molar-refractivity contribution is 0.0620. The fourth-order valence-corrected chi connectivity index (χ4v) is 3.11. The molecule has 0 aromatic heterocycles. The maximum Gasteiger partial charge on any atom is 0.254 e. The Morgan fingerprint density at radius 3 is 2.62 bits per heavy atom. The Morgan fingerprint density at radius 1 is 1.15 bits per heavy atom. The van der Waals surface area contributed by atoms with Crippen molar-refractivity contribution in [3.63, 3.8) is 0 Å². The van der Waals surface area contributed by atoms with Crippen molar-refractivity contribution >= 4 is 17.5 Å². The highest BCUT2D eigenvalue weighted by atomic mass is 35.5. The van der Waals surface area contributed by atoms with Gasteiger partial charge in [-0.05, 0) is 42.8 Å². The van der Waals surface area contributed by atoms with Gasteiger partial charge in [-0.3, -0.25) is 9.69 Å². The molecule has 0 saturated carbocycles. The Hall–Kier alpha value is -2.11. The molecule has 2 aromatic rings. The van der Waals surface area contributed by atoms with Gasteiger partial charge in [-0.2, -0.15) is 0 Å². The molecule has 0 unspecified atom stereocenters. The summed E-state index contributed by atoms with van der Waals surface area (Å²) in [6.07, 6.45) is 0. The summed E-state index contributed by atoms with van der Waals surface area (Å²) in [6, 6.07) is 12.0. The molecule has 0 spiro atoms. The molecule has 3 rings (SSSR count). The number of rotatable bonds is 5. The first kappa shape index (κ1) is 18.7. The summed E-state index contributed by atoms with van der Waals surface area (Å²) in [6.45, 7) is 5.86. The average Bonchev–Trinajstić information content (AvgIpc) is 2.64. The van der Waals surface area contributed by atoms with E-state index in [1.165, 1.54) is 6.07 Å². The van der Waals surface area contributed by atoms with Crippen LogP contribution in [0.1, 0.15) is 15.9 Å². The molecule has 0 bridgehead atoms. The summed E-state index contributed by atoms with van der Waals surface area (Å²) in [5, 5.41) is 0.655. The molecule has 1 heterocycles. The molecule has 4 nitrogen and oxygen atoms in total. The number of nitrogens with zero attached hydrogens (tertiary/aromatic N) is 2. The Labute approximate surface area is 158 Å². The van der Waals surface area contributed by atoms with E-state index >= 15 is 0 Å². The van der Waals surface area contributed by atoms with Crippen molar-refractivity contribution in [3.8, 4) is 5.75 Å². The van der Waals surface area contributed by atoms with E-state index < -0.39 is 0 Å². The predicted molar refractivity (Wildman–Crippen MR) is 100 cm³/mol. The first-order valence-corrected chi connectivity index (χ1v) is 9.07. The van der Waals surface area contributed by atoms with Crippen LogP contribution in [0.2, 0.25) is 5.02 Å². The highest BCUT2D eigenvalue weighted by Gasteiger charge is 2.22. The van der Waals surface area contributed by atoms with Crippen LogP contribution in [-0.2, 0) is 0 Å². The van der Waals surface area contributed by atoms with Crippen molar-refractivity contribution in [1.82, 2.24) is 9.80 Å². The summed E-state index contributed by atoms with van der Waals surface area (Å²) in [4.78, 5) is 16.5. The van der Waals surface area contributed by atoms with Crippen LogP contribution in [-0.4, -0.2) is 55.0 Å². The number of hydrogen-bond acceptors (Lipinski definition) is 3. The molecule has 1 fully saturated rings. The zero-order valence-corrected chi connectivity index (χ0v) is 15.5. The normalized spacial score (nSPS) is 15.1. The van der Waals surface area contributed by atoms with Gasteiger partial charge in [-0.15, -0.1) is 0 Å². The standard InChI is InChI=1S/C20H22ClFN2O2/c1-15-5-6-16(13-19(15)22)20(25)24-9-7-23(8-10-24)11-12-26-18-4-2-3-17(21)14-18/h2-6,13-14H,7-12H2,1H3. The molecule has 0 radical (unpaired) electrons. The molecule has 26 heavy (non-hydrogen) atoms. The van der Waals surface area contributed by atoms with E-state index in [2.05, 4.69) is 4.90 Å². The van der Waals surface area contributed by atoms with Gasteiger partial charge in [0.05, 0.1) is 0 Å². The smallest absolute Gasteiger partial charge is 0.254 e. The average molecular weight is 377 g/mol. The van der Waals surface area contributed by atoms with Gasteiger partial charge in [0.2, 0.25) is 0 Å². The summed E-state index contributed by atoms with van der Waals surface area (Å²) < 4.78 is 19.4. The van der Waals surface area contributed by atoms with E-state index in [9.17, 15) is 9.18 Å². The predicted octanol–water partition coefficient (Wildman–Crippen LogP) is 3.62. The second-order valence-electron chi connectivity index (χ2n) is 6.40. The van der Waals surface area contributed by atoms with Crippen LogP contribution in [0, 0.1) is 12.7 Å². The fourth-order valence-electron chi connectivity index (χ4n) is 2.93. The second kappa shape index (κ2) is 8.52. The molecule has 1 amide bonds. The van der Waals surface area contributed by atoms with Crippen molar-refractivity contribution in [2.45, 2.75) is 6.92 Å². The summed E-state index contributed by atoms with van der Waals surface area (Å²) in [7, 11) is 0. The van der Waals surface area contributed by atoms with Crippen molar-refractivity contribution in [2.24, 2.45) is 0 Å². The van der Waals surface area contributed by atoms with Gasteiger partial charge in [-0.1, -0.05) is 23.7 Å². The number of carbonyl (C=O) groups is 1. The Bertz CT molecular complexity index is 776. The first-order chi connectivity index (χ1) is 12.5. The van der Waals surface area contributed by atoms with E-state index in [0.29, 0.717) is 35.8 Å². The van der Waals surface area contributed by atoms with Gasteiger partial charge in [0, 0.05) is 43.3 Å². The lowest BCUT2D eigenvalue weighted by Gasteiger charge is -2.34. The molecular weight excluding hydrogens is 355 g/mol. The van der Waals surface area contributed by atoms with Crippen LogP contribution in [0.4, 0.5) is 4.39 Å². The molecule has 0 atom stereocenters. The highest BCUT2D eigenvalue weighted by Crippen LogP contribution is 2.17. The van der Waals surface area contributed by atoms with Gasteiger partial charge in [0.25, 0.3) is 5.91 Å². The van der Waals surface area contributed by atoms with Gasteiger partial charge in [0.15, 0.2) is 0 Å². The van der Waals surface area contributed by atoms with E-state index in [1.807, 2.05) is 18.2 Å². The van der Waals surface area contributed by atoms with Gasteiger partial charge in [-0.25, -0.2) is 4.39 Å². The first-order valence-electron chi connectivity index (χ1n) is 8.69. The van der Waals surface area contributed by atoms with Crippen LogP contribution < -0.4 is 4.74 Å². The van der Waals surface area contributed by atoms with Crippen LogP contribution in [0.25, 0.3) is 0 Å². The number of carbonyl (C=O) groups excluding carboxylic acids is 1. The molecule has 0 aliphatic carbocycles. The number of ether oxygens (including phenoxy) is 1. The quantitative estimate of drug-likeness (QED) is 0.799. The third kappa shape index (κ3) is 4.74. The number of hydrogen-bond donors (Lipinski definition) is 0. The summed E-state index contributed by atoms with van der Waals surface area (Å²) >= 11 is 5.94. The minimum atomic E-state index is -0.340. The zero-order valence-electron chi connectivity index (χ0n) is 14.8. The Balaban J connectivity index is 1.45. The summed E-state index contributed by atoms with van der Waals surface area (Å²) in [5.41, 5.74) is 0.955. The maximum atomic E-state index is 13.7. The Morgan fingerprint density at radius 2 is 1.92 bits per heavy atom. The lowest BCUT2D eigenvalue weighted by Crippen LogP contribution is -2.49. The largest absolute Gasteiger partial charge is 0.492 e. The van der Waals surface area contributed by atoms with E-state index in [0.717, 1.165) is 25.4 Å². The SMILES string of the molecule is Cc1ccc(C(=O)N2CCN(CCOc3cccc(Cl)c3)CC2)cc1F. The number of amides is 1. The number of halogens is 2. The van der Waals surface area contributed by atoms with Gasteiger partial charge < -0.3 is 9.64 Å². The molecule has 2 aromatic carbocycles. The maximum absolute atomic E-state index is 13.7. The third-order valence-electron chi connectivity index (χ3n) is 4.55. The molecule has 0 N–H and O–H groups in total. The van der Waals surface area contributed by atoms with Crippen molar-refractivity contribution < 1.29 is 13.9 Å². The van der Waals surface area contributed by atoms with Crippen LogP contribution >= 0.6 is 11.6 Å². The van der Waals surface area contributed by atoms with Crippen LogP contribution in [0.3, 0.4) is 0 Å². The lowest BCUT2D eigenvalue weighted by atomic mass is 10.1. The van der Waals surface area contributed by atoms with Crippen molar-refractivity contribution in [1.29, 1.82) is 0 Å². The van der Waals surface area contributed by atoms with Gasteiger partial charge in [0.1, 0.15) is 18.2 Å². The minimum Gasteiger partial charge on any atom is -0.492 e. The number of aryl methyl sites for hydroxylation is 1. The molecule has 138 valence electrons. The van der Waals surface area contributed by atoms with Gasteiger partial charge >= 0.3 is 0 Å². The third-order valence-corrected chi connectivity index (χ3v) is 4.79. The monoisotopic (exact) mass is 376 g/mol. The van der Waals surface area contributed by atoms with E-state index in [4.69, 9.17) is 16.3 Å². The molecule has 1 saturated heterocycles. The van der Waals surface area contributed by atoms with Crippen LogP contribution in [0.5, 0.6) is 5.75 Å². The summed E-state index contributed by atoms with van der Waals surface area (Å²) in [5.74, 6) is 0.305. The van der Waals surface area contributed by atoms with E-state index in [1.54, 1.807) is 30.0 Å². The van der Waals surface area contributed by atoms with Crippen molar-refractivity contribution in [2.75, 3.05) is 39.3 Å². The van der Waals surface area contributed by atoms with Crippen LogP contribution in [0.15, 0.2) is 42.5 Å². The fraction of sp³-hybridized carbons (Fsp3) is 0.350. The topological polar surface area (TPSA) is 32.8 Å². The molecular formula is C20H22ClFN2O2. The van der Waals surface area contributed by atoms with E-state index in [-0.39, 0.29) is 11.7 Å². The number of piperazine rings is 1. The van der Waals surface area contributed by atoms with Crippen molar-refractivity contribution in [3.05, 3.63) is 64.4 Å². The highest BCUT2D eigenvalue weighted by molar-refractivity contribution is 6.30. The molecule has 1 aliphatic heterocycles. The molecule has 6 heteroatoms. The Kier molecular flexibility index (Phi) is 6.12.